The van der Waals surface area contributed by atoms with Crippen molar-refractivity contribution in [2.75, 3.05) is 59.8 Å². The summed E-state index contributed by atoms with van der Waals surface area (Å²) < 4.78 is 33.5. The summed E-state index contributed by atoms with van der Waals surface area (Å²) >= 11 is 1.42. The van der Waals surface area contributed by atoms with Crippen LogP contribution in [0.25, 0.3) is 33.4 Å². The standard InChI is InChI=1S/C55H77N7O8S/c1-11-68-50-48(58-51(63)46-33(6)45(46)31(2)3)53(64)62-17-12-13-42(59-62)54(65)70-30-55(8,9)26-41-39-24-36(43-29-71-52(50)57-43)14-15-44(39)61(20-22-69-32(4)5)49(41)40-25-37(27-56-47(40)34(7)66-10)35-16-18-60-19-21-67-28-38(60)23-35/h14-15,24-25,27,29,31-35,38,42,45-46,48,50,59H,11-13,16-23,26,28,30H2,1-10H3,(H,58,63)/t33-,34-,35+,38-,42-,45+,46+,48-,50-/m0/s1. The summed E-state index contributed by atoms with van der Waals surface area (Å²) in [4.78, 5) is 56.3. The van der Waals surface area contributed by atoms with Gasteiger partial charge in [0.05, 0.1) is 55.7 Å². The fourth-order valence-corrected chi connectivity index (χ4v) is 12.9. The largest absolute Gasteiger partial charge is 0.464 e. The second-order valence-corrected chi connectivity index (χ2v) is 23.0. The number of carbonyl (C=O) groups is 3. The number of hydrazine groups is 1. The number of rotatable bonds is 13. The third kappa shape index (κ3) is 10.9. The summed E-state index contributed by atoms with van der Waals surface area (Å²) in [6.07, 6.45) is 4.60. The quantitative estimate of drug-likeness (QED) is 0.124. The van der Waals surface area contributed by atoms with Gasteiger partial charge in [0.1, 0.15) is 23.2 Å². The molecule has 0 spiro atoms. The Kier molecular flexibility index (Phi) is 15.7. The number of thiazole rings is 1. The molecule has 2 N–H and O–H groups in total. The number of aromatic nitrogens is 3. The minimum absolute atomic E-state index is 0.0438. The van der Waals surface area contributed by atoms with E-state index in [0.717, 1.165) is 83.8 Å². The van der Waals surface area contributed by atoms with Crippen molar-refractivity contribution in [3.8, 4) is 22.5 Å². The zero-order valence-electron chi connectivity index (χ0n) is 43.6. The number of ether oxygens (including phenoxy) is 5. The van der Waals surface area contributed by atoms with Gasteiger partial charge in [-0.25, -0.2) is 10.4 Å². The molecule has 0 radical (unpaired) electrons. The number of carbonyl (C=O) groups excluding carboxylic acids is 3. The van der Waals surface area contributed by atoms with E-state index in [0.29, 0.717) is 61.8 Å². The Morgan fingerprint density at radius 1 is 1.08 bits per heavy atom. The van der Waals surface area contributed by atoms with Crippen molar-refractivity contribution in [1.29, 1.82) is 0 Å². The van der Waals surface area contributed by atoms with Gasteiger partial charge in [0.2, 0.25) is 5.91 Å². The van der Waals surface area contributed by atoms with Crippen LogP contribution in [0.3, 0.4) is 0 Å². The normalized spacial score (nSPS) is 27.6. The van der Waals surface area contributed by atoms with E-state index in [1.807, 2.05) is 12.3 Å². The summed E-state index contributed by atoms with van der Waals surface area (Å²) in [6, 6.07) is 7.42. The molecule has 1 aliphatic carbocycles. The Bertz CT molecular complexity index is 2560. The Morgan fingerprint density at radius 3 is 2.65 bits per heavy atom. The maximum atomic E-state index is 14.9. The number of nitrogens with zero attached hydrogens (tertiary/aromatic N) is 5. The van der Waals surface area contributed by atoms with Gasteiger partial charge >= 0.3 is 5.97 Å². The van der Waals surface area contributed by atoms with Gasteiger partial charge in [-0.05, 0) is 119 Å². The van der Waals surface area contributed by atoms with Crippen LogP contribution in [0, 0.1) is 29.1 Å². The number of cyclic esters (lactones) is 1. The van der Waals surface area contributed by atoms with Crippen molar-refractivity contribution in [3.05, 3.63) is 57.7 Å². The lowest BCUT2D eigenvalue weighted by Gasteiger charge is -2.42. The Labute approximate surface area is 424 Å². The fourth-order valence-electron chi connectivity index (χ4n) is 12.0. The van der Waals surface area contributed by atoms with Crippen molar-refractivity contribution in [3.63, 3.8) is 0 Å². The number of benzene rings is 1. The number of hydrogen-bond acceptors (Lipinski definition) is 13. The second kappa shape index (κ2) is 21.7. The van der Waals surface area contributed by atoms with E-state index >= 15 is 0 Å². The number of piperidine rings is 1. The van der Waals surface area contributed by atoms with Gasteiger partial charge in [0.15, 0.2) is 0 Å². The molecule has 16 heteroatoms. The summed E-state index contributed by atoms with van der Waals surface area (Å²) in [7, 11) is 1.74. The lowest BCUT2D eigenvalue weighted by molar-refractivity contribution is -0.156. The molecule has 71 heavy (non-hydrogen) atoms. The zero-order valence-corrected chi connectivity index (χ0v) is 44.4. The number of morpholine rings is 1. The molecule has 9 rings (SSSR count). The van der Waals surface area contributed by atoms with Crippen LogP contribution in [-0.4, -0.2) is 126 Å². The van der Waals surface area contributed by atoms with Crippen molar-refractivity contribution in [2.45, 2.75) is 143 Å². The van der Waals surface area contributed by atoms with Crippen LogP contribution in [0.1, 0.15) is 128 Å². The lowest BCUT2D eigenvalue weighted by atomic mass is 9.82. The van der Waals surface area contributed by atoms with E-state index in [-0.39, 0.29) is 55.0 Å². The van der Waals surface area contributed by atoms with Crippen molar-refractivity contribution in [2.24, 2.45) is 29.1 Å². The highest BCUT2D eigenvalue weighted by molar-refractivity contribution is 7.10. The average molecular weight is 996 g/mol. The van der Waals surface area contributed by atoms with Crippen LogP contribution in [0.2, 0.25) is 0 Å². The van der Waals surface area contributed by atoms with E-state index in [2.05, 4.69) is 106 Å². The summed E-state index contributed by atoms with van der Waals surface area (Å²) in [5.74, 6) is -0.121. The minimum Gasteiger partial charge on any atom is -0.464 e. The number of nitrogens with one attached hydrogen (secondary N) is 2. The van der Waals surface area contributed by atoms with Crippen LogP contribution in [0.5, 0.6) is 0 Å². The SMILES string of the molecule is CCO[C@@H]1c2nc(cs2)-c2ccc3c(c2)c(c(-c2cc([C@@H]4CCN5CCOC[C@@H]5C4)cnc2[C@H](C)OC)n3CCOC(C)C)CC(C)(C)COC(=O)[C@@H]2CCCN(N2)C(=O)[C@H]1NC(=O)[C@@H]1[C@@H](C)[C@H]1C(C)C. The predicted molar refractivity (Wildman–Crippen MR) is 275 cm³/mol. The number of pyridine rings is 1. The molecule has 15 nitrogen and oxygen atoms in total. The molecular weight excluding hydrogens is 919 g/mol. The maximum Gasteiger partial charge on any atom is 0.324 e. The minimum atomic E-state index is -1.10. The molecule has 5 aliphatic rings. The van der Waals surface area contributed by atoms with Crippen LogP contribution in [0.4, 0.5) is 0 Å². The van der Waals surface area contributed by atoms with E-state index in [4.69, 9.17) is 33.7 Å². The molecular formula is C55H77N7O8S. The molecule has 3 aromatic heterocycles. The first kappa shape index (κ1) is 51.6. The van der Waals surface area contributed by atoms with Crippen LogP contribution >= 0.6 is 11.3 Å². The van der Waals surface area contributed by atoms with E-state index in [1.165, 1.54) is 21.9 Å². The van der Waals surface area contributed by atoms with Gasteiger partial charge in [-0.1, -0.05) is 40.7 Å². The molecule has 1 saturated carbocycles. The number of amides is 2. The van der Waals surface area contributed by atoms with Gasteiger partial charge < -0.3 is 33.6 Å². The summed E-state index contributed by atoms with van der Waals surface area (Å²) in [5, 5.41) is 8.30. The first-order valence-electron chi connectivity index (χ1n) is 26.3. The summed E-state index contributed by atoms with van der Waals surface area (Å²) in [6.45, 7) is 24.1. The molecule has 0 unspecified atom stereocenters. The molecule has 1 aromatic carbocycles. The third-order valence-electron chi connectivity index (χ3n) is 15.8. The maximum absolute atomic E-state index is 14.9. The number of hydrogen-bond donors (Lipinski definition) is 2. The first-order chi connectivity index (χ1) is 34.1. The molecule has 4 aliphatic heterocycles. The zero-order chi connectivity index (χ0) is 50.3. The van der Waals surface area contributed by atoms with Crippen molar-refractivity contribution < 1.29 is 38.1 Å². The highest BCUT2D eigenvalue weighted by Gasteiger charge is 2.54. The lowest BCUT2D eigenvalue weighted by Crippen LogP contribution is -2.61. The third-order valence-corrected chi connectivity index (χ3v) is 16.7. The van der Waals surface area contributed by atoms with Crippen molar-refractivity contribution >= 4 is 40.0 Å². The molecule has 6 bridgehead atoms. The highest BCUT2D eigenvalue weighted by atomic mass is 32.1. The smallest absolute Gasteiger partial charge is 0.324 e. The van der Waals surface area contributed by atoms with E-state index in [1.54, 1.807) is 7.11 Å². The number of fused-ring (bicyclic) bond motifs is 7. The van der Waals surface area contributed by atoms with Gasteiger partial charge in [0, 0.05) is 84.3 Å². The van der Waals surface area contributed by atoms with Gasteiger partial charge in [-0.15, -0.1) is 11.3 Å². The topological polar surface area (TPSA) is 159 Å². The molecule has 4 fully saturated rings. The Balaban J connectivity index is 1.20. The molecule has 4 aromatic rings. The van der Waals surface area contributed by atoms with Crippen LogP contribution < -0.4 is 10.7 Å². The Hall–Kier alpha value is -4.29. The Morgan fingerprint density at radius 2 is 1.90 bits per heavy atom. The van der Waals surface area contributed by atoms with Crippen LogP contribution in [-0.2, 0) is 51.0 Å². The van der Waals surface area contributed by atoms with Crippen molar-refractivity contribution in [1.82, 2.24) is 35.2 Å². The molecule has 7 heterocycles. The second-order valence-electron chi connectivity index (χ2n) is 22.1. The van der Waals surface area contributed by atoms with E-state index in [9.17, 15) is 14.4 Å². The predicted octanol–water partition coefficient (Wildman–Crippen LogP) is 8.26. The summed E-state index contributed by atoms with van der Waals surface area (Å²) in [5.41, 5.74) is 10.6. The highest BCUT2D eigenvalue weighted by Crippen LogP contribution is 2.51. The van der Waals surface area contributed by atoms with E-state index < -0.39 is 29.6 Å². The fraction of sp³-hybridized carbons (Fsp3) is 0.655. The molecule has 9 atom stereocenters. The van der Waals surface area contributed by atoms with Gasteiger partial charge in [-0.2, -0.15) is 0 Å². The molecule has 3 saturated heterocycles. The monoisotopic (exact) mass is 996 g/mol. The number of esters is 1. The first-order valence-corrected chi connectivity index (χ1v) is 27.2. The average Bonchev–Trinajstić information content (AvgIpc) is 3.66. The molecule has 2 amide bonds. The van der Waals surface area contributed by atoms with Crippen LogP contribution in [0.15, 0.2) is 35.8 Å². The van der Waals surface area contributed by atoms with Gasteiger partial charge in [0.25, 0.3) is 5.91 Å². The van der Waals surface area contributed by atoms with Gasteiger partial charge in [-0.3, -0.25) is 29.3 Å². The molecule has 386 valence electrons. The number of methoxy groups -OCH3 is 1.